The molecule has 0 fully saturated rings. The highest BCUT2D eigenvalue weighted by molar-refractivity contribution is 6.17. The van der Waals surface area contributed by atoms with Crippen molar-refractivity contribution in [2.45, 2.75) is 6.92 Å². The van der Waals surface area contributed by atoms with E-state index in [1.165, 1.54) is 10.5 Å². The van der Waals surface area contributed by atoms with Crippen LogP contribution in [0.15, 0.2) is 53.2 Å². The van der Waals surface area contributed by atoms with Gasteiger partial charge in [-0.05, 0) is 42.8 Å². The summed E-state index contributed by atoms with van der Waals surface area (Å²) in [6.07, 6.45) is 1.74. The van der Waals surface area contributed by atoms with Crippen LogP contribution in [0.3, 0.4) is 0 Å². The molecule has 0 radical (unpaired) electrons. The normalized spacial score (nSPS) is 17.2. The molecule has 2 aliphatic rings. The molecule has 0 aromatic heterocycles. The van der Waals surface area contributed by atoms with Crippen molar-refractivity contribution in [3.63, 3.8) is 0 Å². The van der Waals surface area contributed by atoms with Gasteiger partial charge in [-0.1, -0.05) is 23.8 Å². The lowest BCUT2D eigenvalue weighted by molar-refractivity contribution is -0.121. The summed E-state index contributed by atoms with van der Waals surface area (Å²) >= 11 is 0. The zero-order valence-corrected chi connectivity index (χ0v) is 13.9. The van der Waals surface area contributed by atoms with E-state index in [1.807, 2.05) is 49.4 Å². The molecule has 2 aromatic carbocycles. The molecule has 0 aliphatic carbocycles. The van der Waals surface area contributed by atoms with E-state index in [4.69, 9.17) is 9.47 Å². The highest BCUT2D eigenvalue weighted by Gasteiger charge is 2.27. The number of likely N-dealkylation sites (N-methyl/N-ethyl adjacent to an activating group) is 1. The van der Waals surface area contributed by atoms with Gasteiger partial charge < -0.3 is 14.8 Å². The molecule has 25 heavy (non-hydrogen) atoms. The maximum Gasteiger partial charge on any atom is 0.279 e. The van der Waals surface area contributed by atoms with Gasteiger partial charge in [0.2, 0.25) is 12.8 Å². The van der Waals surface area contributed by atoms with Gasteiger partial charge in [0.1, 0.15) is 5.70 Å². The number of anilines is 1. The minimum Gasteiger partial charge on any atom is -0.454 e. The Bertz CT molecular complexity index is 901. The van der Waals surface area contributed by atoms with Gasteiger partial charge in [0.25, 0.3) is 5.91 Å². The van der Waals surface area contributed by atoms with E-state index in [0.717, 1.165) is 11.3 Å². The van der Waals surface area contributed by atoms with E-state index in [-0.39, 0.29) is 12.7 Å². The second-order valence-electron chi connectivity index (χ2n) is 5.93. The van der Waals surface area contributed by atoms with Crippen molar-refractivity contribution in [3.8, 4) is 11.5 Å². The zero-order chi connectivity index (χ0) is 17.4. The van der Waals surface area contributed by atoms with Gasteiger partial charge >= 0.3 is 0 Å². The highest BCUT2D eigenvalue weighted by Crippen LogP contribution is 2.33. The number of nitrogens with one attached hydrogen (secondary N) is 1. The van der Waals surface area contributed by atoms with Crippen molar-refractivity contribution in [1.82, 2.24) is 4.90 Å². The first kappa shape index (κ1) is 15.3. The first-order valence-electron chi connectivity index (χ1n) is 7.92. The Morgan fingerprint density at radius 1 is 1.12 bits per heavy atom. The molecule has 2 heterocycles. The predicted molar refractivity (Wildman–Crippen MR) is 95.5 cm³/mol. The molecule has 0 saturated carbocycles. The molecule has 0 spiro atoms. The topological polar surface area (TPSA) is 63.2 Å². The van der Waals surface area contributed by atoms with Crippen molar-refractivity contribution in [3.05, 3.63) is 59.3 Å². The van der Waals surface area contributed by atoms with Crippen LogP contribution in [-0.2, 0) is 4.79 Å². The fourth-order valence-corrected chi connectivity index (χ4v) is 2.64. The Labute approximate surface area is 145 Å². The number of ether oxygens (including phenoxy) is 2. The van der Waals surface area contributed by atoms with Crippen LogP contribution >= 0.6 is 0 Å². The number of hydrogen-bond acceptors (Lipinski definition) is 5. The molecule has 1 amide bonds. The second kappa shape index (κ2) is 5.98. The number of carbonyl (C=O) groups is 1. The summed E-state index contributed by atoms with van der Waals surface area (Å²) < 4.78 is 10.7. The van der Waals surface area contributed by atoms with E-state index < -0.39 is 0 Å². The van der Waals surface area contributed by atoms with Crippen molar-refractivity contribution in [1.29, 1.82) is 0 Å². The quantitative estimate of drug-likeness (QED) is 0.857. The Balaban J connectivity index is 1.60. The lowest BCUT2D eigenvalue weighted by Crippen LogP contribution is -2.32. The maximum absolute atomic E-state index is 12.4. The Kier molecular flexibility index (Phi) is 3.65. The van der Waals surface area contributed by atoms with Gasteiger partial charge in [0, 0.05) is 12.7 Å². The molecule has 0 unspecified atom stereocenters. The van der Waals surface area contributed by atoms with Crippen LogP contribution in [0.4, 0.5) is 5.69 Å². The van der Waals surface area contributed by atoms with Crippen molar-refractivity contribution >= 4 is 23.6 Å². The lowest BCUT2D eigenvalue weighted by atomic mass is 10.1. The van der Waals surface area contributed by atoms with Crippen LogP contribution in [0, 0.1) is 6.92 Å². The molecule has 4 rings (SSSR count). The van der Waals surface area contributed by atoms with E-state index in [0.29, 0.717) is 23.2 Å². The van der Waals surface area contributed by atoms with E-state index in [1.54, 1.807) is 13.1 Å². The summed E-state index contributed by atoms with van der Waals surface area (Å²) in [4.78, 5) is 18.4. The molecule has 0 bridgehead atoms. The molecule has 2 aromatic rings. The van der Waals surface area contributed by atoms with Gasteiger partial charge in [0.05, 0.1) is 0 Å². The number of guanidine groups is 1. The number of hydrogen-bond donors (Lipinski definition) is 1. The number of aliphatic imine (C=N–C) groups is 1. The summed E-state index contributed by atoms with van der Waals surface area (Å²) in [6, 6.07) is 13.4. The third-order valence-electron chi connectivity index (χ3n) is 4.08. The minimum absolute atomic E-state index is 0.160. The lowest BCUT2D eigenvalue weighted by Gasteiger charge is -2.13. The fourth-order valence-electron chi connectivity index (χ4n) is 2.64. The first-order valence-corrected chi connectivity index (χ1v) is 7.92. The van der Waals surface area contributed by atoms with Crippen molar-refractivity contribution in [2.75, 3.05) is 19.2 Å². The summed E-state index contributed by atoms with van der Waals surface area (Å²) in [7, 11) is 1.70. The SMILES string of the molecule is Cc1ccc(NC2=N/C(=C/c3ccc4c(c3)OCO4)C(=O)N2C)cc1. The molecule has 2 aliphatic heterocycles. The Hall–Kier alpha value is -3.28. The van der Waals surface area contributed by atoms with E-state index in [9.17, 15) is 4.79 Å². The molecule has 0 saturated heterocycles. The minimum atomic E-state index is -0.160. The number of aryl methyl sites for hydroxylation is 1. The van der Waals surface area contributed by atoms with Crippen LogP contribution < -0.4 is 14.8 Å². The van der Waals surface area contributed by atoms with Gasteiger partial charge in [-0.15, -0.1) is 0 Å². The first-order chi connectivity index (χ1) is 12.1. The van der Waals surface area contributed by atoms with Crippen LogP contribution in [-0.4, -0.2) is 30.6 Å². The molecule has 0 atom stereocenters. The second-order valence-corrected chi connectivity index (χ2v) is 5.93. The number of amides is 1. The molecule has 6 heteroatoms. The largest absolute Gasteiger partial charge is 0.454 e. The number of carbonyl (C=O) groups excluding carboxylic acids is 1. The van der Waals surface area contributed by atoms with Gasteiger partial charge in [-0.2, -0.15) is 0 Å². The highest BCUT2D eigenvalue weighted by atomic mass is 16.7. The van der Waals surface area contributed by atoms with Crippen LogP contribution in [0.2, 0.25) is 0 Å². The molecule has 1 N–H and O–H groups in total. The van der Waals surface area contributed by atoms with Gasteiger partial charge in [-0.25, -0.2) is 4.99 Å². The summed E-state index contributed by atoms with van der Waals surface area (Å²) in [6.45, 7) is 2.25. The van der Waals surface area contributed by atoms with Crippen LogP contribution in [0.1, 0.15) is 11.1 Å². The van der Waals surface area contributed by atoms with E-state index in [2.05, 4.69) is 10.3 Å². The van der Waals surface area contributed by atoms with Gasteiger partial charge in [-0.3, -0.25) is 9.69 Å². The monoisotopic (exact) mass is 335 g/mol. The smallest absolute Gasteiger partial charge is 0.279 e. The Morgan fingerprint density at radius 3 is 2.68 bits per heavy atom. The summed E-state index contributed by atoms with van der Waals surface area (Å²) in [5.74, 6) is 1.73. The number of benzene rings is 2. The number of fused-ring (bicyclic) bond motifs is 1. The van der Waals surface area contributed by atoms with Crippen LogP contribution in [0.5, 0.6) is 11.5 Å². The predicted octanol–water partition coefficient (Wildman–Crippen LogP) is 3.00. The number of nitrogens with zero attached hydrogens (tertiary/aromatic N) is 2. The zero-order valence-electron chi connectivity index (χ0n) is 13.9. The van der Waals surface area contributed by atoms with E-state index >= 15 is 0 Å². The molecular formula is C19H17N3O3. The van der Waals surface area contributed by atoms with Gasteiger partial charge in [0.15, 0.2) is 11.5 Å². The standard InChI is InChI=1S/C19H17N3O3/c1-12-3-6-14(7-4-12)20-19-21-15(18(23)22(19)2)9-13-5-8-16-17(10-13)25-11-24-16/h3-10H,11H2,1-2H3,(H,20,21)/b15-9+. The fraction of sp³-hybridized carbons (Fsp3) is 0.158. The average molecular weight is 335 g/mol. The summed E-state index contributed by atoms with van der Waals surface area (Å²) in [5, 5.41) is 3.18. The summed E-state index contributed by atoms with van der Waals surface area (Å²) in [5.41, 5.74) is 3.26. The van der Waals surface area contributed by atoms with Crippen LogP contribution in [0.25, 0.3) is 6.08 Å². The average Bonchev–Trinajstić information content (AvgIpc) is 3.17. The van der Waals surface area contributed by atoms with Crippen molar-refractivity contribution in [2.24, 2.45) is 4.99 Å². The third-order valence-corrected chi connectivity index (χ3v) is 4.08. The third kappa shape index (κ3) is 2.94. The molecule has 126 valence electrons. The molecule has 6 nitrogen and oxygen atoms in total. The van der Waals surface area contributed by atoms with Crippen molar-refractivity contribution < 1.29 is 14.3 Å². The number of rotatable bonds is 2. The molecular weight excluding hydrogens is 318 g/mol. The maximum atomic E-state index is 12.4. The Morgan fingerprint density at radius 2 is 1.88 bits per heavy atom.